The lowest BCUT2D eigenvalue weighted by Crippen LogP contribution is -2.09. The van der Waals surface area contributed by atoms with E-state index in [1.54, 1.807) is 7.11 Å². The molecule has 0 atom stereocenters. The molecule has 0 radical (unpaired) electrons. The average Bonchev–Trinajstić information content (AvgIpc) is 2.99. The summed E-state index contributed by atoms with van der Waals surface area (Å²) in [4.78, 5) is 16.4. The van der Waals surface area contributed by atoms with Crippen LogP contribution in [0.3, 0.4) is 0 Å². The molecule has 0 fully saturated rings. The normalized spacial score (nSPS) is 10.8. The van der Waals surface area contributed by atoms with E-state index in [1.165, 1.54) is 0 Å². The van der Waals surface area contributed by atoms with Crippen LogP contribution in [0.1, 0.15) is 25.2 Å². The topological polar surface area (TPSA) is 84.9 Å². The molecule has 1 aromatic carbocycles. The van der Waals surface area contributed by atoms with Crippen molar-refractivity contribution in [2.24, 2.45) is 0 Å². The Bertz CT molecular complexity index is 905. The van der Waals surface area contributed by atoms with Crippen molar-refractivity contribution in [3.63, 3.8) is 0 Å². The fourth-order valence-electron chi connectivity index (χ4n) is 2.54. The van der Waals surface area contributed by atoms with Crippen molar-refractivity contribution in [1.29, 1.82) is 0 Å². The van der Waals surface area contributed by atoms with Gasteiger partial charge in [-0.1, -0.05) is 0 Å². The number of aromatic nitrogens is 4. The molecule has 0 amide bonds. The zero-order valence-corrected chi connectivity index (χ0v) is 15.6. The Hall–Kier alpha value is -3.09. The minimum atomic E-state index is 0.0493. The number of imidazole rings is 1. The maximum atomic E-state index is 5.67. The Balaban J connectivity index is 1.88. The highest BCUT2D eigenvalue weighted by Crippen LogP contribution is 2.31. The zero-order chi connectivity index (χ0) is 18.7. The minimum absolute atomic E-state index is 0.0493. The van der Waals surface area contributed by atoms with E-state index >= 15 is 0 Å². The van der Waals surface area contributed by atoms with E-state index in [9.17, 15) is 0 Å². The molecule has 0 unspecified atom stereocenters. The van der Waals surface area contributed by atoms with Gasteiger partial charge in [0.1, 0.15) is 11.6 Å². The van der Waals surface area contributed by atoms with Crippen LogP contribution in [0.4, 0.5) is 11.6 Å². The molecule has 0 saturated carbocycles. The van der Waals surface area contributed by atoms with Crippen LogP contribution < -0.4 is 14.8 Å². The van der Waals surface area contributed by atoms with E-state index in [0.29, 0.717) is 17.6 Å². The number of hydrogen-bond acceptors (Lipinski definition) is 6. The predicted octanol–water partition coefficient (Wildman–Crippen LogP) is 4.02. The van der Waals surface area contributed by atoms with Crippen LogP contribution in [0.2, 0.25) is 0 Å². The number of ether oxygens (including phenoxy) is 2. The van der Waals surface area contributed by atoms with E-state index in [1.807, 2.05) is 58.2 Å². The Morgan fingerprint density at radius 1 is 1.04 bits per heavy atom. The zero-order valence-electron chi connectivity index (χ0n) is 15.6. The van der Waals surface area contributed by atoms with Crippen LogP contribution in [-0.4, -0.2) is 33.1 Å². The number of aromatic amines is 1. The van der Waals surface area contributed by atoms with Gasteiger partial charge in [0.05, 0.1) is 24.5 Å². The van der Waals surface area contributed by atoms with Crippen molar-refractivity contribution >= 4 is 11.6 Å². The van der Waals surface area contributed by atoms with E-state index in [-0.39, 0.29) is 6.10 Å². The second-order valence-electron chi connectivity index (χ2n) is 6.27. The fourth-order valence-corrected chi connectivity index (χ4v) is 2.54. The van der Waals surface area contributed by atoms with Crippen LogP contribution in [0, 0.1) is 13.8 Å². The first-order chi connectivity index (χ1) is 12.4. The SMILES string of the molecule is COc1cc(Nc2nc(C)cc(OC(C)C)n2)ccc1-c1nc(C)c[nH]1. The molecule has 3 aromatic rings. The van der Waals surface area contributed by atoms with Crippen molar-refractivity contribution in [3.8, 4) is 23.0 Å². The van der Waals surface area contributed by atoms with Crippen LogP contribution in [0.25, 0.3) is 11.4 Å². The van der Waals surface area contributed by atoms with Crippen LogP contribution >= 0.6 is 0 Å². The molecule has 136 valence electrons. The third kappa shape index (κ3) is 4.11. The Morgan fingerprint density at radius 3 is 2.50 bits per heavy atom. The smallest absolute Gasteiger partial charge is 0.230 e. The van der Waals surface area contributed by atoms with Crippen molar-refractivity contribution in [3.05, 3.63) is 41.9 Å². The van der Waals surface area contributed by atoms with Crippen molar-refractivity contribution in [1.82, 2.24) is 19.9 Å². The molecule has 3 rings (SSSR count). The summed E-state index contributed by atoms with van der Waals surface area (Å²) in [7, 11) is 1.64. The standard InChI is InChI=1S/C19H23N5O2/c1-11(2)26-17-8-12(3)22-19(24-17)23-14-6-7-15(16(9-14)25-5)18-20-10-13(4)21-18/h6-11H,1-5H3,(H,20,21)(H,22,23,24). The Morgan fingerprint density at radius 2 is 1.85 bits per heavy atom. The van der Waals surface area contributed by atoms with Gasteiger partial charge in [0, 0.05) is 29.7 Å². The summed E-state index contributed by atoms with van der Waals surface area (Å²) < 4.78 is 11.2. The molecule has 0 aliphatic rings. The number of H-pyrrole nitrogens is 1. The van der Waals surface area contributed by atoms with Gasteiger partial charge < -0.3 is 19.8 Å². The first-order valence-electron chi connectivity index (χ1n) is 8.44. The maximum absolute atomic E-state index is 5.67. The van der Waals surface area contributed by atoms with E-state index < -0.39 is 0 Å². The number of anilines is 2. The van der Waals surface area contributed by atoms with Crippen molar-refractivity contribution < 1.29 is 9.47 Å². The highest BCUT2D eigenvalue weighted by molar-refractivity contribution is 5.70. The summed E-state index contributed by atoms with van der Waals surface area (Å²) in [6, 6.07) is 7.58. The Kier molecular flexibility index (Phi) is 5.06. The molecule has 7 nitrogen and oxygen atoms in total. The number of hydrogen-bond donors (Lipinski definition) is 2. The molecule has 0 spiro atoms. The first-order valence-corrected chi connectivity index (χ1v) is 8.44. The fraction of sp³-hybridized carbons (Fsp3) is 0.316. The molecule has 7 heteroatoms. The lowest BCUT2D eigenvalue weighted by molar-refractivity contribution is 0.232. The van der Waals surface area contributed by atoms with Crippen molar-refractivity contribution in [2.45, 2.75) is 33.8 Å². The predicted molar refractivity (Wildman–Crippen MR) is 101 cm³/mol. The minimum Gasteiger partial charge on any atom is -0.496 e. The molecular weight excluding hydrogens is 330 g/mol. The average molecular weight is 353 g/mol. The van der Waals surface area contributed by atoms with Gasteiger partial charge >= 0.3 is 0 Å². The molecule has 2 heterocycles. The van der Waals surface area contributed by atoms with Crippen molar-refractivity contribution in [2.75, 3.05) is 12.4 Å². The van der Waals surface area contributed by atoms with Gasteiger partial charge in [-0.3, -0.25) is 0 Å². The molecule has 26 heavy (non-hydrogen) atoms. The summed E-state index contributed by atoms with van der Waals surface area (Å²) in [6.45, 7) is 7.77. The molecular formula is C19H23N5O2. The van der Waals surface area contributed by atoms with Gasteiger partial charge in [-0.05, 0) is 39.8 Å². The van der Waals surface area contributed by atoms with Gasteiger partial charge in [-0.15, -0.1) is 0 Å². The van der Waals surface area contributed by atoms with E-state index in [0.717, 1.165) is 28.5 Å². The molecule has 0 aliphatic carbocycles. The lowest BCUT2D eigenvalue weighted by atomic mass is 10.1. The lowest BCUT2D eigenvalue weighted by Gasteiger charge is -2.13. The van der Waals surface area contributed by atoms with Gasteiger partial charge in [0.25, 0.3) is 0 Å². The summed E-state index contributed by atoms with van der Waals surface area (Å²) >= 11 is 0. The quantitative estimate of drug-likeness (QED) is 0.696. The maximum Gasteiger partial charge on any atom is 0.230 e. The number of nitrogens with zero attached hydrogens (tertiary/aromatic N) is 3. The molecule has 0 saturated heterocycles. The summed E-state index contributed by atoms with van der Waals surface area (Å²) in [5.74, 6) is 2.50. The summed E-state index contributed by atoms with van der Waals surface area (Å²) in [5, 5.41) is 3.20. The number of methoxy groups -OCH3 is 1. The molecule has 2 N–H and O–H groups in total. The molecule has 0 bridgehead atoms. The van der Waals surface area contributed by atoms with Crippen LogP contribution in [0.5, 0.6) is 11.6 Å². The number of aryl methyl sites for hydroxylation is 2. The number of rotatable bonds is 6. The highest BCUT2D eigenvalue weighted by atomic mass is 16.5. The van der Waals surface area contributed by atoms with Gasteiger partial charge in [-0.25, -0.2) is 9.97 Å². The van der Waals surface area contributed by atoms with E-state index in [2.05, 4.69) is 25.3 Å². The summed E-state index contributed by atoms with van der Waals surface area (Å²) in [5.41, 5.74) is 3.46. The van der Waals surface area contributed by atoms with Crippen LogP contribution in [0.15, 0.2) is 30.5 Å². The first kappa shape index (κ1) is 17.7. The highest BCUT2D eigenvalue weighted by Gasteiger charge is 2.11. The van der Waals surface area contributed by atoms with Gasteiger partial charge in [0.2, 0.25) is 11.8 Å². The second-order valence-corrected chi connectivity index (χ2v) is 6.27. The monoisotopic (exact) mass is 353 g/mol. The molecule has 2 aromatic heterocycles. The summed E-state index contributed by atoms with van der Waals surface area (Å²) in [6.07, 6.45) is 1.91. The Labute approximate surface area is 152 Å². The third-order valence-electron chi connectivity index (χ3n) is 3.61. The largest absolute Gasteiger partial charge is 0.496 e. The van der Waals surface area contributed by atoms with Crippen LogP contribution in [-0.2, 0) is 0 Å². The third-order valence-corrected chi connectivity index (χ3v) is 3.61. The van der Waals surface area contributed by atoms with Gasteiger partial charge in [0.15, 0.2) is 0 Å². The number of benzene rings is 1. The second kappa shape index (κ2) is 7.43. The number of nitrogens with one attached hydrogen (secondary N) is 2. The molecule has 0 aliphatic heterocycles. The van der Waals surface area contributed by atoms with E-state index in [4.69, 9.17) is 9.47 Å². The van der Waals surface area contributed by atoms with Gasteiger partial charge in [-0.2, -0.15) is 4.98 Å².